The zero-order valence-electron chi connectivity index (χ0n) is 12.7. The Bertz CT molecular complexity index is 518. The highest BCUT2D eigenvalue weighted by atomic mass is 16.5. The van der Waals surface area contributed by atoms with Crippen molar-refractivity contribution in [3.05, 3.63) is 24.3 Å². The van der Waals surface area contributed by atoms with Gasteiger partial charge in [0.1, 0.15) is 5.69 Å². The molecule has 0 N–H and O–H groups in total. The third kappa shape index (κ3) is 2.61. The normalized spacial score (nSPS) is 29.7. The van der Waals surface area contributed by atoms with E-state index in [9.17, 15) is 4.79 Å². The molecular weight excluding hydrogens is 280 g/mol. The largest absolute Gasteiger partial charge is 0.381 e. The molecule has 3 saturated heterocycles. The molecule has 0 bridgehead atoms. The minimum Gasteiger partial charge on any atom is -0.381 e. The monoisotopic (exact) mass is 302 g/mol. The first-order chi connectivity index (χ1) is 10.8. The van der Waals surface area contributed by atoms with E-state index in [0.717, 1.165) is 52.2 Å². The lowest BCUT2D eigenvalue weighted by Crippen LogP contribution is -2.40. The molecule has 4 rings (SSSR count). The van der Waals surface area contributed by atoms with E-state index in [4.69, 9.17) is 4.74 Å². The summed E-state index contributed by atoms with van der Waals surface area (Å²) < 4.78 is 5.46. The molecule has 22 heavy (non-hydrogen) atoms. The molecule has 3 fully saturated rings. The van der Waals surface area contributed by atoms with E-state index in [0.29, 0.717) is 23.6 Å². The van der Waals surface area contributed by atoms with Gasteiger partial charge in [-0.3, -0.25) is 14.7 Å². The molecule has 6 heteroatoms. The number of hydrogen-bond acceptors (Lipinski definition) is 5. The number of carbonyl (C=O) groups is 1. The number of hydrogen-bond donors (Lipinski definition) is 0. The highest BCUT2D eigenvalue weighted by molar-refractivity contribution is 5.92. The van der Waals surface area contributed by atoms with Crippen molar-refractivity contribution in [2.75, 3.05) is 39.4 Å². The van der Waals surface area contributed by atoms with Gasteiger partial charge in [0.25, 0.3) is 5.91 Å². The molecule has 0 aliphatic carbocycles. The standard InChI is InChI=1S/C16H22N4O2/c21-16(15-7-17-3-4-18-15)20-10-12-8-19(9-13(12)11-20)14-1-5-22-6-2-14/h3-4,7,12-14H,1-2,5-6,8-11H2/t12-,13+. The van der Waals surface area contributed by atoms with Crippen molar-refractivity contribution in [2.45, 2.75) is 18.9 Å². The van der Waals surface area contributed by atoms with Crippen LogP contribution in [0.25, 0.3) is 0 Å². The van der Waals surface area contributed by atoms with E-state index >= 15 is 0 Å². The number of ether oxygens (including phenoxy) is 1. The number of likely N-dealkylation sites (tertiary alicyclic amines) is 2. The Morgan fingerprint density at radius 2 is 1.82 bits per heavy atom. The first-order valence-electron chi connectivity index (χ1n) is 8.18. The summed E-state index contributed by atoms with van der Waals surface area (Å²) in [5.41, 5.74) is 0.462. The molecule has 0 radical (unpaired) electrons. The Balaban J connectivity index is 1.36. The Labute approximate surface area is 130 Å². The highest BCUT2D eigenvalue weighted by Crippen LogP contribution is 2.34. The zero-order chi connectivity index (χ0) is 14.9. The first-order valence-corrected chi connectivity index (χ1v) is 8.18. The van der Waals surface area contributed by atoms with Gasteiger partial charge >= 0.3 is 0 Å². The first kappa shape index (κ1) is 14.1. The average Bonchev–Trinajstić information content (AvgIpc) is 3.15. The van der Waals surface area contributed by atoms with Crippen molar-refractivity contribution in [1.29, 1.82) is 0 Å². The lowest BCUT2D eigenvalue weighted by Gasteiger charge is -2.32. The van der Waals surface area contributed by atoms with Crippen LogP contribution in [-0.4, -0.2) is 71.1 Å². The molecule has 1 aromatic heterocycles. The van der Waals surface area contributed by atoms with E-state index in [2.05, 4.69) is 14.9 Å². The molecule has 0 spiro atoms. The van der Waals surface area contributed by atoms with Crippen molar-refractivity contribution in [2.24, 2.45) is 11.8 Å². The molecule has 6 nitrogen and oxygen atoms in total. The fourth-order valence-electron chi connectivity index (χ4n) is 4.12. The van der Waals surface area contributed by atoms with Gasteiger partial charge in [0, 0.05) is 57.8 Å². The summed E-state index contributed by atoms with van der Waals surface area (Å²) in [7, 11) is 0. The van der Waals surface area contributed by atoms with Gasteiger partial charge in [0.15, 0.2) is 0 Å². The highest BCUT2D eigenvalue weighted by Gasteiger charge is 2.43. The lowest BCUT2D eigenvalue weighted by molar-refractivity contribution is 0.0382. The Hall–Kier alpha value is -1.53. The lowest BCUT2D eigenvalue weighted by atomic mass is 10.0. The van der Waals surface area contributed by atoms with E-state index in [1.54, 1.807) is 18.6 Å². The summed E-state index contributed by atoms with van der Waals surface area (Å²) in [5.74, 6) is 1.26. The maximum atomic E-state index is 12.5. The third-order valence-corrected chi connectivity index (χ3v) is 5.29. The molecule has 118 valence electrons. The van der Waals surface area contributed by atoms with Crippen LogP contribution in [0.3, 0.4) is 0 Å². The van der Waals surface area contributed by atoms with E-state index in [1.165, 1.54) is 0 Å². The quantitative estimate of drug-likeness (QED) is 0.803. The van der Waals surface area contributed by atoms with Crippen molar-refractivity contribution in [3.8, 4) is 0 Å². The van der Waals surface area contributed by atoms with Crippen LogP contribution in [0.15, 0.2) is 18.6 Å². The molecule has 3 aliphatic rings. The average molecular weight is 302 g/mol. The fraction of sp³-hybridized carbons (Fsp3) is 0.688. The second-order valence-electron chi connectivity index (χ2n) is 6.62. The van der Waals surface area contributed by atoms with Crippen LogP contribution in [0.1, 0.15) is 23.3 Å². The molecule has 0 saturated carbocycles. The van der Waals surface area contributed by atoms with Crippen molar-refractivity contribution < 1.29 is 9.53 Å². The van der Waals surface area contributed by atoms with Gasteiger partial charge in [0.2, 0.25) is 0 Å². The van der Waals surface area contributed by atoms with Crippen LogP contribution in [0.5, 0.6) is 0 Å². The Kier molecular flexibility index (Phi) is 3.80. The van der Waals surface area contributed by atoms with Gasteiger partial charge < -0.3 is 9.64 Å². The number of aromatic nitrogens is 2. The van der Waals surface area contributed by atoms with E-state index in [-0.39, 0.29) is 5.91 Å². The van der Waals surface area contributed by atoms with Crippen LogP contribution >= 0.6 is 0 Å². The van der Waals surface area contributed by atoms with Gasteiger partial charge in [-0.15, -0.1) is 0 Å². The number of rotatable bonds is 2. The topological polar surface area (TPSA) is 58.6 Å². The third-order valence-electron chi connectivity index (χ3n) is 5.29. The molecule has 0 aromatic carbocycles. The van der Waals surface area contributed by atoms with Crippen LogP contribution in [0.4, 0.5) is 0 Å². The van der Waals surface area contributed by atoms with Crippen molar-refractivity contribution in [3.63, 3.8) is 0 Å². The van der Waals surface area contributed by atoms with Crippen LogP contribution < -0.4 is 0 Å². The molecule has 1 amide bonds. The predicted octanol–water partition coefficient (Wildman–Crippen LogP) is 0.659. The molecule has 2 atom stereocenters. The number of carbonyl (C=O) groups excluding carboxylic acids is 1. The van der Waals surface area contributed by atoms with Crippen LogP contribution in [0.2, 0.25) is 0 Å². The second-order valence-corrected chi connectivity index (χ2v) is 6.62. The summed E-state index contributed by atoms with van der Waals surface area (Å²) >= 11 is 0. The minimum absolute atomic E-state index is 0.0279. The van der Waals surface area contributed by atoms with Gasteiger partial charge in [0.05, 0.1) is 6.20 Å². The second kappa shape index (κ2) is 5.93. The molecule has 1 aromatic rings. The van der Waals surface area contributed by atoms with Crippen molar-refractivity contribution in [1.82, 2.24) is 19.8 Å². The zero-order valence-corrected chi connectivity index (χ0v) is 12.7. The number of nitrogens with zero attached hydrogens (tertiary/aromatic N) is 4. The van der Waals surface area contributed by atoms with Crippen LogP contribution in [0, 0.1) is 11.8 Å². The van der Waals surface area contributed by atoms with Gasteiger partial charge in [-0.05, 0) is 24.7 Å². The molecule has 4 heterocycles. The summed E-state index contributed by atoms with van der Waals surface area (Å²) in [6.45, 7) is 5.76. The molecular formula is C16H22N4O2. The smallest absolute Gasteiger partial charge is 0.274 e. The molecule has 0 unspecified atom stereocenters. The maximum absolute atomic E-state index is 12.5. The van der Waals surface area contributed by atoms with Gasteiger partial charge in [-0.25, -0.2) is 4.98 Å². The van der Waals surface area contributed by atoms with E-state index in [1.807, 2.05) is 4.90 Å². The Morgan fingerprint density at radius 1 is 1.09 bits per heavy atom. The fourth-order valence-corrected chi connectivity index (χ4v) is 4.12. The summed E-state index contributed by atoms with van der Waals surface area (Å²) in [6.07, 6.45) is 7.05. The van der Waals surface area contributed by atoms with Crippen LogP contribution in [-0.2, 0) is 4.74 Å². The maximum Gasteiger partial charge on any atom is 0.274 e. The summed E-state index contributed by atoms with van der Waals surface area (Å²) in [5, 5.41) is 0. The van der Waals surface area contributed by atoms with Gasteiger partial charge in [-0.1, -0.05) is 0 Å². The molecule has 3 aliphatic heterocycles. The Morgan fingerprint density at radius 3 is 2.45 bits per heavy atom. The SMILES string of the molecule is O=C(c1cnccn1)N1C[C@@H]2CN(C3CCOCC3)C[C@@H]2C1. The van der Waals surface area contributed by atoms with Crippen molar-refractivity contribution >= 4 is 5.91 Å². The van der Waals surface area contributed by atoms with E-state index < -0.39 is 0 Å². The predicted molar refractivity (Wildman–Crippen MR) is 80.3 cm³/mol. The summed E-state index contributed by atoms with van der Waals surface area (Å²) in [4.78, 5) is 25.2. The van der Waals surface area contributed by atoms with Gasteiger partial charge in [-0.2, -0.15) is 0 Å². The minimum atomic E-state index is 0.0279. The number of amides is 1. The summed E-state index contributed by atoms with van der Waals surface area (Å²) in [6, 6.07) is 0.684. The number of fused-ring (bicyclic) bond motifs is 1.